The van der Waals surface area contributed by atoms with Gasteiger partial charge in [-0.3, -0.25) is 0 Å². The molecule has 0 bridgehead atoms. The van der Waals surface area contributed by atoms with Gasteiger partial charge in [-0.15, -0.1) is 0 Å². The minimum absolute atomic E-state index is 0.0535. The first-order valence-electron chi connectivity index (χ1n) is 4.54. The fourth-order valence-electron chi connectivity index (χ4n) is 1.59. The van der Waals surface area contributed by atoms with E-state index in [1.807, 2.05) is 0 Å². The van der Waals surface area contributed by atoms with Gasteiger partial charge in [-0.05, 0) is 12.8 Å². The quantitative estimate of drug-likeness (QED) is 0.565. The molecule has 0 saturated carbocycles. The average molecular weight is 224 g/mol. The van der Waals surface area contributed by atoms with Gasteiger partial charge in [0.05, 0.1) is 19.8 Å². The van der Waals surface area contributed by atoms with Crippen molar-refractivity contribution in [3.05, 3.63) is 0 Å². The van der Waals surface area contributed by atoms with Gasteiger partial charge in [-0.25, -0.2) is 5.14 Å². The van der Waals surface area contributed by atoms with Crippen LogP contribution >= 0.6 is 0 Å². The number of nitrogens with two attached hydrogens (primary N) is 1. The number of aliphatic hydroxyl groups excluding tert-OH is 1. The molecule has 0 aromatic rings. The highest BCUT2D eigenvalue weighted by Gasteiger charge is 2.31. The summed E-state index contributed by atoms with van der Waals surface area (Å²) in [5, 5.41) is 13.5. The topological polar surface area (TPSA) is 92.9 Å². The Morgan fingerprint density at radius 2 is 2.29 bits per heavy atom. The molecular weight excluding hydrogens is 208 g/mol. The molecule has 84 valence electrons. The maximum atomic E-state index is 11.1. The Morgan fingerprint density at radius 3 is 2.86 bits per heavy atom. The summed E-state index contributed by atoms with van der Waals surface area (Å²) < 4.78 is 28.5. The zero-order valence-corrected chi connectivity index (χ0v) is 8.74. The van der Waals surface area contributed by atoms with E-state index in [0.29, 0.717) is 13.2 Å². The van der Waals surface area contributed by atoms with Gasteiger partial charge in [0.15, 0.2) is 0 Å². The summed E-state index contributed by atoms with van der Waals surface area (Å²) in [5.41, 5.74) is 0. The van der Waals surface area contributed by atoms with Gasteiger partial charge < -0.3 is 9.84 Å². The van der Waals surface area contributed by atoms with Gasteiger partial charge >= 0.3 is 0 Å². The molecule has 1 saturated heterocycles. The number of hydrogen-bond acceptors (Lipinski definition) is 4. The van der Waals surface area contributed by atoms with Crippen LogP contribution in [-0.2, 0) is 14.9 Å². The van der Waals surface area contributed by atoms with Crippen LogP contribution in [0.1, 0.15) is 12.8 Å². The number of aliphatic hydroxyl groups is 1. The number of nitrogens with zero attached hydrogens (tertiary/aromatic N) is 1. The van der Waals surface area contributed by atoms with Gasteiger partial charge in [0.2, 0.25) is 0 Å². The molecule has 1 atom stereocenters. The lowest BCUT2D eigenvalue weighted by Gasteiger charge is -2.21. The molecule has 1 aliphatic heterocycles. The van der Waals surface area contributed by atoms with E-state index in [9.17, 15) is 8.42 Å². The molecule has 0 amide bonds. The molecule has 0 aromatic carbocycles. The molecule has 0 aromatic heterocycles. The van der Waals surface area contributed by atoms with E-state index < -0.39 is 10.2 Å². The highest BCUT2D eigenvalue weighted by Crippen LogP contribution is 2.19. The summed E-state index contributed by atoms with van der Waals surface area (Å²) in [6.07, 6.45) is 1.57. The van der Waals surface area contributed by atoms with Gasteiger partial charge in [-0.1, -0.05) is 0 Å². The molecule has 1 fully saturated rings. The lowest BCUT2D eigenvalue weighted by molar-refractivity contribution is 0.0686. The molecule has 1 rings (SSSR count). The summed E-state index contributed by atoms with van der Waals surface area (Å²) in [4.78, 5) is 0. The van der Waals surface area contributed by atoms with Crippen LogP contribution in [0.15, 0.2) is 0 Å². The van der Waals surface area contributed by atoms with E-state index in [4.69, 9.17) is 15.0 Å². The van der Waals surface area contributed by atoms with Gasteiger partial charge in [0, 0.05) is 12.6 Å². The Labute approximate surface area is 83.8 Å². The number of hydrogen-bond donors (Lipinski definition) is 2. The van der Waals surface area contributed by atoms with Crippen molar-refractivity contribution in [3.63, 3.8) is 0 Å². The third kappa shape index (κ3) is 3.18. The lowest BCUT2D eigenvalue weighted by Crippen LogP contribution is -2.42. The van der Waals surface area contributed by atoms with Crippen LogP contribution in [-0.4, -0.2) is 50.2 Å². The first-order valence-corrected chi connectivity index (χ1v) is 6.04. The predicted octanol–water partition coefficient (Wildman–Crippen LogP) is -1.34. The molecule has 0 spiro atoms. The average Bonchev–Trinajstić information content (AvgIpc) is 2.52. The molecule has 1 aliphatic rings. The van der Waals surface area contributed by atoms with E-state index in [1.165, 1.54) is 4.31 Å². The molecule has 7 heteroatoms. The fourth-order valence-corrected chi connectivity index (χ4v) is 2.56. The minimum Gasteiger partial charge on any atom is -0.394 e. The molecule has 14 heavy (non-hydrogen) atoms. The molecule has 1 heterocycles. The van der Waals surface area contributed by atoms with Crippen molar-refractivity contribution in [2.75, 3.05) is 26.4 Å². The molecule has 6 nitrogen and oxygen atoms in total. The van der Waals surface area contributed by atoms with Gasteiger partial charge in [0.25, 0.3) is 10.2 Å². The maximum absolute atomic E-state index is 11.1. The van der Waals surface area contributed by atoms with Crippen molar-refractivity contribution in [1.82, 2.24) is 4.31 Å². The first-order chi connectivity index (χ1) is 6.55. The second kappa shape index (κ2) is 5.04. The summed E-state index contributed by atoms with van der Waals surface area (Å²) in [6.45, 7) is 0.944. The summed E-state index contributed by atoms with van der Waals surface area (Å²) in [7, 11) is -3.60. The van der Waals surface area contributed by atoms with Crippen LogP contribution in [0, 0.1) is 0 Å². The van der Waals surface area contributed by atoms with Crippen molar-refractivity contribution in [2.24, 2.45) is 5.14 Å². The minimum atomic E-state index is -3.60. The normalized spacial score (nSPS) is 24.3. The van der Waals surface area contributed by atoms with Crippen LogP contribution in [0.4, 0.5) is 0 Å². The second-order valence-corrected chi connectivity index (χ2v) is 4.75. The van der Waals surface area contributed by atoms with Crippen LogP contribution in [0.2, 0.25) is 0 Å². The van der Waals surface area contributed by atoms with E-state index in [2.05, 4.69) is 0 Å². The van der Waals surface area contributed by atoms with Crippen molar-refractivity contribution in [2.45, 2.75) is 18.9 Å². The molecule has 1 unspecified atom stereocenters. The monoisotopic (exact) mass is 224 g/mol. The highest BCUT2D eigenvalue weighted by atomic mass is 32.2. The molecular formula is C7H16N2O4S. The van der Waals surface area contributed by atoms with Crippen molar-refractivity contribution in [1.29, 1.82) is 0 Å². The first kappa shape index (κ1) is 11.9. The van der Waals surface area contributed by atoms with E-state index in [0.717, 1.165) is 12.8 Å². The smallest absolute Gasteiger partial charge is 0.277 e. The van der Waals surface area contributed by atoms with Crippen LogP contribution in [0.25, 0.3) is 0 Å². The SMILES string of the molecule is NS(=O)(=O)N1CCCC1COCCO. The Morgan fingerprint density at radius 1 is 1.57 bits per heavy atom. The van der Waals surface area contributed by atoms with Gasteiger partial charge in [-0.2, -0.15) is 12.7 Å². The van der Waals surface area contributed by atoms with Crippen LogP contribution in [0.5, 0.6) is 0 Å². The van der Waals surface area contributed by atoms with Crippen molar-refractivity contribution >= 4 is 10.2 Å². The fraction of sp³-hybridized carbons (Fsp3) is 1.00. The van der Waals surface area contributed by atoms with E-state index >= 15 is 0 Å². The van der Waals surface area contributed by atoms with E-state index in [1.54, 1.807) is 0 Å². The van der Waals surface area contributed by atoms with Crippen molar-refractivity contribution in [3.8, 4) is 0 Å². The summed E-state index contributed by atoms with van der Waals surface area (Å²) in [5.74, 6) is 0. The largest absolute Gasteiger partial charge is 0.394 e. The van der Waals surface area contributed by atoms with Crippen LogP contribution < -0.4 is 5.14 Å². The molecule has 0 aliphatic carbocycles. The zero-order chi connectivity index (χ0) is 10.6. The number of rotatable bonds is 5. The Bertz CT molecular complexity index is 267. The third-order valence-corrected chi connectivity index (χ3v) is 3.33. The molecule has 0 radical (unpaired) electrons. The Hall–Kier alpha value is -0.210. The van der Waals surface area contributed by atoms with Crippen LogP contribution in [0.3, 0.4) is 0 Å². The number of ether oxygens (including phenoxy) is 1. The predicted molar refractivity (Wildman–Crippen MR) is 50.7 cm³/mol. The second-order valence-electron chi connectivity index (χ2n) is 3.25. The lowest BCUT2D eigenvalue weighted by atomic mass is 10.2. The van der Waals surface area contributed by atoms with Crippen molar-refractivity contribution < 1.29 is 18.3 Å². The Balaban J connectivity index is 2.44. The third-order valence-electron chi connectivity index (χ3n) is 2.20. The maximum Gasteiger partial charge on any atom is 0.277 e. The highest BCUT2D eigenvalue weighted by molar-refractivity contribution is 7.86. The zero-order valence-electron chi connectivity index (χ0n) is 7.92. The van der Waals surface area contributed by atoms with Gasteiger partial charge in [0.1, 0.15) is 0 Å². The standard InChI is InChI=1S/C7H16N2O4S/c8-14(11,12)9-3-1-2-7(9)6-13-5-4-10/h7,10H,1-6H2,(H2,8,11,12). The summed E-state index contributed by atoms with van der Waals surface area (Å²) >= 11 is 0. The summed E-state index contributed by atoms with van der Waals surface area (Å²) in [6, 6.07) is -0.170. The molecule has 3 N–H and O–H groups in total. The Kier molecular flexibility index (Phi) is 4.27. The van der Waals surface area contributed by atoms with E-state index in [-0.39, 0.29) is 19.3 Å².